The van der Waals surface area contributed by atoms with Crippen LogP contribution in [0, 0.1) is 5.82 Å². The van der Waals surface area contributed by atoms with E-state index in [4.69, 9.17) is 0 Å². The number of aromatic nitrogens is 3. The predicted octanol–water partition coefficient (Wildman–Crippen LogP) is 3.75. The summed E-state index contributed by atoms with van der Waals surface area (Å²) in [5.41, 5.74) is 1.72. The Morgan fingerprint density at radius 3 is 2.50 bits per heavy atom. The van der Waals surface area contributed by atoms with E-state index in [-0.39, 0.29) is 11.7 Å². The molecule has 0 aliphatic heterocycles. The number of carbonyl (C=O) groups excluding carboxylic acids is 1. The first kappa shape index (κ1) is 15.9. The van der Waals surface area contributed by atoms with Gasteiger partial charge in [0.15, 0.2) is 5.82 Å². The highest BCUT2D eigenvalue weighted by Gasteiger charge is 2.15. The molecule has 0 unspecified atom stereocenters. The van der Waals surface area contributed by atoms with Gasteiger partial charge in [0, 0.05) is 18.5 Å². The van der Waals surface area contributed by atoms with E-state index in [1.54, 1.807) is 19.1 Å². The first-order chi connectivity index (χ1) is 11.7. The number of halogens is 1. The Balaban J connectivity index is 1.86. The maximum Gasteiger partial charge on any atom is 0.249 e. The van der Waals surface area contributed by atoms with Crippen LogP contribution in [0.15, 0.2) is 54.6 Å². The summed E-state index contributed by atoms with van der Waals surface area (Å²) < 4.78 is 14.2. The Kier molecular flexibility index (Phi) is 4.65. The third-order valence-electron chi connectivity index (χ3n) is 3.54. The molecule has 0 atom stereocenters. The Morgan fingerprint density at radius 1 is 1.12 bits per heavy atom. The third-order valence-corrected chi connectivity index (χ3v) is 3.54. The fourth-order valence-corrected chi connectivity index (χ4v) is 2.24. The molecule has 1 heterocycles. The second kappa shape index (κ2) is 7.04. The number of hydrogen-bond acceptors (Lipinski definition) is 4. The van der Waals surface area contributed by atoms with E-state index in [0.717, 1.165) is 11.1 Å². The van der Waals surface area contributed by atoms with Crippen molar-refractivity contribution in [1.29, 1.82) is 0 Å². The van der Waals surface area contributed by atoms with Crippen LogP contribution in [0.2, 0.25) is 0 Å². The minimum Gasteiger partial charge on any atom is -0.350 e. The highest BCUT2D eigenvalue weighted by Crippen LogP contribution is 2.18. The lowest BCUT2D eigenvalue weighted by Crippen LogP contribution is -2.15. The zero-order chi connectivity index (χ0) is 16.9. The SMILES string of the molecule is CCC(=O)n1nc(-c2ccccc2)nc1NCc1ccc(F)cc1. The summed E-state index contributed by atoms with van der Waals surface area (Å²) in [5, 5.41) is 7.41. The molecule has 0 spiro atoms. The van der Waals surface area contributed by atoms with Crippen molar-refractivity contribution in [1.82, 2.24) is 14.8 Å². The number of rotatable bonds is 5. The van der Waals surface area contributed by atoms with Crippen molar-refractivity contribution in [3.8, 4) is 11.4 Å². The van der Waals surface area contributed by atoms with Crippen LogP contribution in [0.4, 0.5) is 10.3 Å². The lowest BCUT2D eigenvalue weighted by molar-refractivity contribution is 0.0895. The van der Waals surface area contributed by atoms with E-state index in [1.165, 1.54) is 16.8 Å². The van der Waals surface area contributed by atoms with Crippen molar-refractivity contribution >= 4 is 11.9 Å². The zero-order valence-electron chi connectivity index (χ0n) is 13.2. The Hall–Kier alpha value is -3.02. The fraction of sp³-hybridized carbons (Fsp3) is 0.167. The van der Waals surface area contributed by atoms with Gasteiger partial charge in [-0.15, -0.1) is 5.10 Å². The summed E-state index contributed by atoms with van der Waals surface area (Å²) in [4.78, 5) is 16.5. The monoisotopic (exact) mass is 324 g/mol. The van der Waals surface area contributed by atoms with E-state index < -0.39 is 0 Å². The van der Waals surface area contributed by atoms with Crippen LogP contribution in [0.1, 0.15) is 23.7 Å². The van der Waals surface area contributed by atoms with Gasteiger partial charge in [-0.05, 0) is 17.7 Å². The number of benzene rings is 2. The first-order valence-corrected chi connectivity index (χ1v) is 7.71. The molecule has 0 saturated carbocycles. The van der Waals surface area contributed by atoms with Crippen LogP contribution in [0.3, 0.4) is 0 Å². The Labute approximate surface area is 139 Å². The van der Waals surface area contributed by atoms with Crippen LogP contribution in [0.5, 0.6) is 0 Å². The van der Waals surface area contributed by atoms with Crippen molar-refractivity contribution in [3.63, 3.8) is 0 Å². The van der Waals surface area contributed by atoms with Gasteiger partial charge < -0.3 is 5.32 Å². The highest BCUT2D eigenvalue weighted by molar-refractivity contribution is 5.81. The van der Waals surface area contributed by atoms with Crippen molar-refractivity contribution in [3.05, 3.63) is 66.0 Å². The molecule has 5 nitrogen and oxygen atoms in total. The molecule has 0 fully saturated rings. The van der Waals surface area contributed by atoms with Gasteiger partial charge in [-0.2, -0.15) is 9.67 Å². The average molecular weight is 324 g/mol. The molecule has 0 saturated heterocycles. The number of nitrogens with one attached hydrogen (secondary N) is 1. The van der Waals surface area contributed by atoms with Crippen molar-refractivity contribution in [2.75, 3.05) is 5.32 Å². The average Bonchev–Trinajstić information content (AvgIpc) is 3.05. The topological polar surface area (TPSA) is 59.8 Å². The maximum atomic E-state index is 13.0. The van der Waals surface area contributed by atoms with Crippen LogP contribution < -0.4 is 5.32 Å². The predicted molar refractivity (Wildman–Crippen MR) is 90.1 cm³/mol. The minimum atomic E-state index is -0.283. The molecule has 2 aromatic carbocycles. The van der Waals surface area contributed by atoms with Gasteiger partial charge >= 0.3 is 0 Å². The van der Waals surface area contributed by atoms with E-state index >= 15 is 0 Å². The fourth-order valence-electron chi connectivity index (χ4n) is 2.24. The molecule has 122 valence electrons. The summed E-state index contributed by atoms with van der Waals surface area (Å²) in [5.74, 6) is 0.435. The molecule has 0 bridgehead atoms. The van der Waals surface area contributed by atoms with E-state index in [0.29, 0.717) is 24.7 Å². The molecule has 0 radical (unpaired) electrons. The summed E-state index contributed by atoms with van der Waals surface area (Å²) in [6, 6.07) is 15.6. The van der Waals surface area contributed by atoms with E-state index in [2.05, 4.69) is 15.4 Å². The largest absolute Gasteiger partial charge is 0.350 e. The van der Waals surface area contributed by atoms with Crippen LogP contribution >= 0.6 is 0 Å². The molecule has 3 aromatic rings. The summed E-state index contributed by atoms with van der Waals surface area (Å²) in [6.45, 7) is 2.19. The normalized spacial score (nSPS) is 10.6. The molecule has 0 amide bonds. The lowest BCUT2D eigenvalue weighted by atomic mass is 10.2. The van der Waals surface area contributed by atoms with Gasteiger partial charge in [-0.3, -0.25) is 4.79 Å². The standard InChI is InChI=1S/C18H17FN4O/c1-2-16(24)23-18(20-12-13-8-10-15(19)11-9-13)21-17(22-23)14-6-4-3-5-7-14/h3-11H,2,12H2,1H3,(H,20,21,22). The molecule has 24 heavy (non-hydrogen) atoms. The van der Waals surface area contributed by atoms with Crippen LogP contribution in [0.25, 0.3) is 11.4 Å². The molecule has 0 aliphatic carbocycles. The number of nitrogens with zero attached hydrogens (tertiary/aromatic N) is 3. The van der Waals surface area contributed by atoms with Crippen molar-refractivity contribution in [2.45, 2.75) is 19.9 Å². The smallest absolute Gasteiger partial charge is 0.249 e. The van der Waals surface area contributed by atoms with Crippen molar-refractivity contribution < 1.29 is 9.18 Å². The summed E-state index contributed by atoms with van der Waals surface area (Å²) in [6.07, 6.45) is 0.322. The van der Waals surface area contributed by atoms with E-state index in [1.807, 2.05) is 30.3 Å². The van der Waals surface area contributed by atoms with Gasteiger partial charge in [0.1, 0.15) is 5.82 Å². The third kappa shape index (κ3) is 3.48. The molecule has 0 aliphatic rings. The Morgan fingerprint density at radius 2 is 1.83 bits per heavy atom. The Bertz CT molecular complexity index is 828. The highest BCUT2D eigenvalue weighted by atomic mass is 19.1. The number of anilines is 1. The minimum absolute atomic E-state index is 0.147. The molecular formula is C18H17FN4O. The zero-order valence-corrected chi connectivity index (χ0v) is 13.2. The van der Waals surface area contributed by atoms with Gasteiger partial charge in [0.25, 0.3) is 0 Å². The van der Waals surface area contributed by atoms with Gasteiger partial charge in [-0.25, -0.2) is 4.39 Å². The second-order valence-electron chi connectivity index (χ2n) is 5.26. The van der Waals surface area contributed by atoms with E-state index in [9.17, 15) is 9.18 Å². The van der Waals surface area contributed by atoms with Gasteiger partial charge in [0.2, 0.25) is 11.9 Å². The molecular weight excluding hydrogens is 307 g/mol. The molecule has 3 rings (SSSR count). The van der Waals surface area contributed by atoms with Crippen molar-refractivity contribution in [2.24, 2.45) is 0 Å². The first-order valence-electron chi connectivity index (χ1n) is 7.71. The van der Waals surface area contributed by atoms with Gasteiger partial charge in [-0.1, -0.05) is 49.4 Å². The number of hydrogen-bond donors (Lipinski definition) is 1. The summed E-state index contributed by atoms with van der Waals surface area (Å²) >= 11 is 0. The molecule has 6 heteroatoms. The van der Waals surface area contributed by atoms with Gasteiger partial charge in [0.05, 0.1) is 0 Å². The van der Waals surface area contributed by atoms with Crippen LogP contribution in [-0.4, -0.2) is 20.7 Å². The number of carbonyl (C=O) groups is 1. The maximum absolute atomic E-state index is 13.0. The van der Waals surface area contributed by atoms with Crippen LogP contribution in [-0.2, 0) is 6.54 Å². The second-order valence-corrected chi connectivity index (χ2v) is 5.26. The summed E-state index contributed by atoms with van der Waals surface area (Å²) in [7, 11) is 0. The molecule has 1 N–H and O–H groups in total. The lowest BCUT2D eigenvalue weighted by Gasteiger charge is -2.06. The molecule has 1 aromatic heterocycles. The quantitative estimate of drug-likeness (QED) is 0.776.